The van der Waals surface area contributed by atoms with Gasteiger partial charge in [-0.25, -0.2) is 19.2 Å². The summed E-state index contributed by atoms with van der Waals surface area (Å²) in [5.41, 5.74) is -0.529. The van der Waals surface area contributed by atoms with Crippen LogP contribution >= 0.6 is 19.9 Å². The van der Waals surface area contributed by atoms with E-state index in [9.17, 15) is 14.2 Å². The smallest absolute Gasteiger partial charge is 0.354 e. The van der Waals surface area contributed by atoms with E-state index in [1.165, 1.54) is 9.36 Å². The molecule has 2 aromatic heterocycles. The topological polar surface area (TPSA) is 251 Å². The number of hydrogen-bond acceptors (Lipinski definition) is 14. The predicted octanol–water partition coefficient (Wildman–Crippen LogP) is -0.648. The van der Waals surface area contributed by atoms with Gasteiger partial charge in [0.1, 0.15) is 13.1 Å². The van der Waals surface area contributed by atoms with Crippen molar-refractivity contribution in [2.75, 3.05) is 25.4 Å². The summed E-state index contributed by atoms with van der Waals surface area (Å²) in [4.78, 5) is 40.2. The Morgan fingerprint density at radius 1 is 0.897 bits per heavy atom. The number of nitrogens with one attached hydrogen (secondary N) is 2. The number of carbonyl (C=O) groups is 2. The average molecular weight is 599 g/mol. The standard InChI is InChI=1S/C9H18N5O5P.C9H17N5O4S/c1-9(2,3)8-11-12-13-14(8)6-7(15)10-4-5-19-20(16,17)18;1-9(2,3)8-11-12-13-14(8)6-7(15)10-4-5-19-18-17-16/h4-6H2,1-3H3,(H,10,15)(H2,16,17,18);16H,4-6H2,1-3H3,(H,10,15). The first kappa shape index (κ1) is 34.4. The van der Waals surface area contributed by atoms with Crippen LogP contribution in [0.25, 0.3) is 0 Å². The highest BCUT2D eigenvalue weighted by molar-refractivity contribution is 7.94. The van der Waals surface area contributed by atoms with Crippen molar-refractivity contribution in [1.29, 1.82) is 0 Å². The van der Waals surface area contributed by atoms with E-state index in [0.717, 1.165) is 12.0 Å². The van der Waals surface area contributed by atoms with E-state index in [2.05, 4.69) is 55.6 Å². The Labute approximate surface area is 228 Å². The summed E-state index contributed by atoms with van der Waals surface area (Å²) < 4.78 is 21.6. The molecule has 0 saturated carbocycles. The van der Waals surface area contributed by atoms with Crippen molar-refractivity contribution in [2.24, 2.45) is 0 Å². The molecule has 21 heteroatoms. The van der Waals surface area contributed by atoms with Gasteiger partial charge in [-0.1, -0.05) is 46.6 Å². The fourth-order valence-corrected chi connectivity index (χ4v) is 3.35. The van der Waals surface area contributed by atoms with Gasteiger partial charge in [0, 0.05) is 41.7 Å². The number of hydrogen-bond donors (Lipinski definition) is 5. The van der Waals surface area contributed by atoms with E-state index in [0.29, 0.717) is 23.9 Å². The zero-order valence-corrected chi connectivity index (χ0v) is 24.2. The van der Waals surface area contributed by atoms with E-state index in [1.807, 2.05) is 41.5 Å². The molecule has 0 saturated heterocycles. The monoisotopic (exact) mass is 598 g/mol. The van der Waals surface area contributed by atoms with Crippen molar-refractivity contribution in [2.45, 2.75) is 65.5 Å². The largest absolute Gasteiger partial charge is 0.469 e. The van der Waals surface area contributed by atoms with Crippen molar-refractivity contribution in [1.82, 2.24) is 51.0 Å². The van der Waals surface area contributed by atoms with Crippen LogP contribution in [0, 0.1) is 0 Å². The Kier molecular flexibility index (Phi) is 14.0. The molecule has 0 atom stereocenters. The van der Waals surface area contributed by atoms with Gasteiger partial charge in [0.15, 0.2) is 11.6 Å². The first-order valence-electron chi connectivity index (χ1n) is 11.4. The molecule has 2 heterocycles. The third kappa shape index (κ3) is 14.4. The Bertz CT molecular complexity index is 1080. The van der Waals surface area contributed by atoms with Gasteiger partial charge >= 0.3 is 7.82 Å². The summed E-state index contributed by atoms with van der Waals surface area (Å²) in [7, 11) is -4.50. The summed E-state index contributed by atoms with van der Waals surface area (Å²) in [6.07, 6.45) is 0. The minimum Gasteiger partial charge on any atom is -0.354 e. The van der Waals surface area contributed by atoms with Crippen LogP contribution in [0.1, 0.15) is 53.2 Å². The second-order valence-corrected chi connectivity index (χ2v) is 11.8. The fourth-order valence-electron chi connectivity index (χ4n) is 2.72. The molecule has 0 unspecified atom stereocenters. The quantitative estimate of drug-likeness (QED) is 0.0631. The molecule has 0 aliphatic rings. The third-order valence-corrected chi connectivity index (χ3v) is 5.31. The summed E-state index contributed by atoms with van der Waals surface area (Å²) in [5, 5.41) is 38.8. The number of amides is 2. The normalized spacial score (nSPS) is 12.0. The van der Waals surface area contributed by atoms with Gasteiger partial charge in [0.2, 0.25) is 11.8 Å². The van der Waals surface area contributed by atoms with Gasteiger partial charge in [0.25, 0.3) is 0 Å². The lowest BCUT2D eigenvalue weighted by Crippen LogP contribution is -2.32. The minimum atomic E-state index is -4.50. The molecule has 2 amide bonds. The van der Waals surface area contributed by atoms with Crippen molar-refractivity contribution < 1.29 is 43.1 Å². The van der Waals surface area contributed by atoms with Gasteiger partial charge in [-0.15, -0.1) is 14.5 Å². The average Bonchev–Trinajstić information content (AvgIpc) is 3.46. The number of rotatable bonds is 13. The Morgan fingerprint density at radius 2 is 1.36 bits per heavy atom. The molecule has 0 aliphatic carbocycles. The van der Waals surface area contributed by atoms with Crippen LogP contribution in [0.4, 0.5) is 0 Å². The zero-order chi connectivity index (χ0) is 29.7. The fraction of sp³-hybridized carbons (Fsp3) is 0.778. The van der Waals surface area contributed by atoms with Gasteiger partial charge in [-0.05, 0) is 20.9 Å². The van der Waals surface area contributed by atoms with Crippen LogP contribution in [0.2, 0.25) is 0 Å². The van der Waals surface area contributed by atoms with Crippen LogP contribution in [0.3, 0.4) is 0 Å². The molecule has 19 nitrogen and oxygen atoms in total. The lowest BCUT2D eigenvalue weighted by molar-refractivity contribution is -0.432. The molecule has 0 aliphatic heterocycles. The molecule has 5 N–H and O–H groups in total. The van der Waals surface area contributed by atoms with Crippen molar-refractivity contribution in [3.05, 3.63) is 11.6 Å². The van der Waals surface area contributed by atoms with Crippen LogP contribution in [0.5, 0.6) is 0 Å². The first-order valence-corrected chi connectivity index (χ1v) is 13.8. The highest BCUT2D eigenvalue weighted by Crippen LogP contribution is 2.35. The Balaban J connectivity index is 0.000000391. The van der Waals surface area contributed by atoms with E-state index >= 15 is 0 Å². The van der Waals surface area contributed by atoms with Crippen LogP contribution < -0.4 is 10.6 Å². The Morgan fingerprint density at radius 3 is 1.77 bits per heavy atom. The second-order valence-electron chi connectivity index (χ2n) is 9.81. The molecule has 0 aromatic carbocycles. The summed E-state index contributed by atoms with van der Waals surface area (Å²) in [6, 6.07) is 0. The number of carbonyl (C=O) groups excluding carboxylic acids is 2. The van der Waals surface area contributed by atoms with Crippen LogP contribution in [-0.2, 0) is 52.0 Å². The highest BCUT2D eigenvalue weighted by Gasteiger charge is 2.24. The van der Waals surface area contributed by atoms with E-state index in [-0.39, 0.29) is 48.9 Å². The molecule has 39 heavy (non-hydrogen) atoms. The zero-order valence-electron chi connectivity index (χ0n) is 22.5. The maximum Gasteiger partial charge on any atom is 0.469 e. The van der Waals surface area contributed by atoms with Crippen LogP contribution in [0.15, 0.2) is 0 Å². The number of phosphoric acid groups is 1. The molecule has 0 bridgehead atoms. The molecule has 0 spiro atoms. The number of nitrogens with zero attached hydrogens (tertiary/aromatic N) is 8. The van der Waals surface area contributed by atoms with E-state index in [1.54, 1.807) is 0 Å². The predicted molar refractivity (Wildman–Crippen MR) is 134 cm³/mol. The van der Waals surface area contributed by atoms with E-state index in [4.69, 9.17) is 15.0 Å². The highest BCUT2D eigenvalue weighted by atomic mass is 32.2. The minimum absolute atomic E-state index is 0.0169. The van der Waals surface area contributed by atoms with Crippen molar-refractivity contribution >= 4 is 31.7 Å². The third-order valence-electron chi connectivity index (χ3n) is 4.26. The van der Waals surface area contributed by atoms with Crippen molar-refractivity contribution in [3.8, 4) is 0 Å². The molecule has 2 aromatic rings. The van der Waals surface area contributed by atoms with Crippen molar-refractivity contribution in [3.63, 3.8) is 0 Å². The number of aromatic nitrogens is 8. The summed E-state index contributed by atoms with van der Waals surface area (Å²) in [5.74, 6) is 1.07. The van der Waals surface area contributed by atoms with Gasteiger partial charge in [0.05, 0.1) is 6.61 Å². The number of phosphoric ester groups is 1. The lowest BCUT2D eigenvalue weighted by Gasteiger charge is -2.16. The van der Waals surface area contributed by atoms with Gasteiger partial charge < -0.3 is 20.4 Å². The molecule has 222 valence electrons. The van der Waals surface area contributed by atoms with Gasteiger partial charge in [-0.2, -0.15) is 0 Å². The molecule has 0 radical (unpaired) electrons. The Hall–Kier alpha value is -2.58. The molecule has 0 fully saturated rings. The second kappa shape index (κ2) is 15.9. The van der Waals surface area contributed by atoms with E-state index < -0.39 is 7.82 Å². The lowest BCUT2D eigenvalue weighted by atomic mass is 9.96. The summed E-state index contributed by atoms with van der Waals surface area (Å²) in [6.45, 7) is 11.7. The maximum absolute atomic E-state index is 11.7. The van der Waals surface area contributed by atoms with Gasteiger partial charge in [-0.3, -0.25) is 14.1 Å². The van der Waals surface area contributed by atoms with Crippen LogP contribution in [-0.4, -0.2) is 92.7 Å². The molecular formula is C18H35N10O9PS. The maximum atomic E-state index is 11.7. The number of tetrazole rings is 2. The first-order chi connectivity index (χ1) is 18.0. The molecule has 2 rings (SSSR count). The SMILES string of the molecule is CC(C)(C)c1nnnn1CC(=O)NCCOP(=O)(O)O.CC(C)(C)c1nnnn1CC(=O)NCCSOOO. The molecular weight excluding hydrogens is 563 g/mol. The summed E-state index contributed by atoms with van der Waals surface area (Å²) >= 11 is 0.877.